The molecule has 1 fully saturated rings. The summed E-state index contributed by atoms with van der Waals surface area (Å²) in [6, 6.07) is 8.49. The molecule has 132 valence electrons. The summed E-state index contributed by atoms with van der Waals surface area (Å²) >= 11 is 0. The highest BCUT2D eigenvalue weighted by molar-refractivity contribution is 5.80. The zero-order chi connectivity index (χ0) is 17.4. The number of anilines is 1. The molecule has 3 N–H and O–H groups in total. The molecule has 2 rings (SSSR count). The highest BCUT2D eigenvalue weighted by Gasteiger charge is 2.41. The van der Waals surface area contributed by atoms with Gasteiger partial charge in [0.1, 0.15) is 5.54 Å². The molecule has 1 atom stereocenters. The SMILES string of the molecule is C=CCCCCCCCc1ccc(N2CCC(N)(C(=O)O)C2)cc1. The van der Waals surface area contributed by atoms with Gasteiger partial charge in [-0.2, -0.15) is 0 Å². The first kappa shape index (κ1) is 18.5. The zero-order valence-corrected chi connectivity index (χ0v) is 14.5. The van der Waals surface area contributed by atoms with Crippen molar-refractivity contribution in [3.05, 3.63) is 42.5 Å². The van der Waals surface area contributed by atoms with Gasteiger partial charge in [0.25, 0.3) is 0 Å². The van der Waals surface area contributed by atoms with Gasteiger partial charge in [0, 0.05) is 18.8 Å². The molecule has 1 aromatic carbocycles. The van der Waals surface area contributed by atoms with Crippen molar-refractivity contribution in [2.75, 3.05) is 18.0 Å². The molecule has 1 aromatic rings. The standard InChI is InChI=1S/C20H30N2O2/c1-2-3-4-5-6-7-8-9-17-10-12-18(13-11-17)22-15-14-20(21,16-22)19(23)24/h2,10-13H,1,3-9,14-16,21H2,(H,23,24). The van der Waals surface area contributed by atoms with Gasteiger partial charge in [0.2, 0.25) is 0 Å². The minimum absolute atomic E-state index is 0.381. The van der Waals surface area contributed by atoms with Crippen LogP contribution < -0.4 is 10.6 Å². The highest BCUT2D eigenvalue weighted by atomic mass is 16.4. The average molecular weight is 330 g/mol. The Bertz CT molecular complexity index is 541. The number of carbonyl (C=O) groups is 1. The highest BCUT2D eigenvalue weighted by Crippen LogP contribution is 2.26. The van der Waals surface area contributed by atoms with Gasteiger partial charge in [-0.15, -0.1) is 6.58 Å². The first-order chi connectivity index (χ1) is 11.5. The molecule has 4 nitrogen and oxygen atoms in total. The molecule has 1 aliphatic heterocycles. The van der Waals surface area contributed by atoms with E-state index in [1.165, 1.54) is 37.7 Å². The average Bonchev–Trinajstić information content (AvgIpc) is 2.98. The van der Waals surface area contributed by atoms with E-state index >= 15 is 0 Å². The number of nitrogens with zero attached hydrogens (tertiary/aromatic N) is 1. The van der Waals surface area contributed by atoms with E-state index in [4.69, 9.17) is 5.73 Å². The Labute approximate surface area is 145 Å². The lowest BCUT2D eigenvalue weighted by Crippen LogP contribution is -2.50. The largest absolute Gasteiger partial charge is 0.480 e. The number of carboxylic acids is 1. The smallest absolute Gasteiger partial charge is 0.325 e. The van der Waals surface area contributed by atoms with Gasteiger partial charge in [-0.3, -0.25) is 4.79 Å². The summed E-state index contributed by atoms with van der Waals surface area (Å²) < 4.78 is 0. The van der Waals surface area contributed by atoms with Crippen LogP contribution in [0.25, 0.3) is 0 Å². The van der Waals surface area contributed by atoms with Gasteiger partial charge in [0.15, 0.2) is 0 Å². The van der Waals surface area contributed by atoms with Gasteiger partial charge in [-0.1, -0.05) is 37.5 Å². The Hall–Kier alpha value is -1.81. The third-order valence-electron chi connectivity index (χ3n) is 4.90. The Morgan fingerprint density at radius 3 is 2.50 bits per heavy atom. The van der Waals surface area contributed by atoms with Crippen LogP contribution >= 0.6 is 0 Å². The van der Waals surface area contributed by atoms with E-state index in [0.717, 1.165) is 18.5 Å². The Kier molecular flexibility index (Phi) is 6.85. The first-order valence-corrected chi connectivity index (χ1v) is 9.02. The molecule has 1 heterocycles. The molecule has 0 radical (unpaired) electrons. The molecule has 1 unspecified atom stereocenters. The Balaban J connectivity index is 1.73. The second kappa shape index (κ2) is 8.88. The lowest BCUT2D eigenvalue weighted by molar-refractivity contribution is -0.142. The molecule has 1 saturated heterocycles. The quantitative estimate of drug-likeness (QED) is 0.506. The van der Waals surface area contributed by atoms with E-state index in [2.05, 4.69) is 35.7 Å². The van der Waals surface area contributed by atoms with Gasteiger partial charge >= 0.3 is 5.97 Å². The van der Waals surface area contributed by atoms with Gasteiger partial charge in [-0.05, 0) is 49.8 Å². The number of aryl methyl sites for hydroxylation is 1. The predicted octanol–water partition coefficient (Wildman–Crippen LogP) is 3.75. The minimum atomic E-state index is -1.11. The summed E-state index contributed by atoms with van der Waals surface area (Å²) in [6.07, 6.45) is 11.1. The van der Waals surface area contributed by atoms with Crippen molar-refractivity contribution in [1.82, 2.24) is 0 Å². The number of carboxylic acid groups (broad SMARTS) is 1. The summed E-state index contributed by atoms with van der Waals surface area (Å²) in [5, 5.41) is 9.21. The van der Waals surface area contributed by atoms with Crippen LogP contribution in [0.15, 0.2) is 36.9 Å². The number of aliphatic carboxylic acids is 1. The normalized spacial score (nSPS) is 20.3. The summed E-state index contributed by atoms with van der Waals surface area (Å²) in [5.74, 6) is -0.908. The third-order valence-corrected chi connectivity index (χ3v) is 4.90. The van der Waals surface area contributed by atoms with Crippen LogP contribution in [0.4, 0.5) is 5.69 Å². The van der Waals surface area contributed by atoms with E-state index in [-0.39, 0.29) is 0 Å². The van der Waals surface area contributed by atoms with Crippen LogP contribution in [-0.4, -0.2) is 29.7 Å². The number of nitrogens with two attached hydrogens (primary N) is 1. The second-order valence-corrected chi connectivity index (χ2v) is 6.89. The number of allylic oxidation sites excluding steroid dienone is 1. The van der Waals surface area contributed by atoms with Crippen LogP contribution in [0.2, 0.25) is 0 Å². The molecule has 0 aromatic heterocycles. The second-order valence-electron chi connectivity index (χ2n) is 6.89. The van der Waals surface area contributed by atoms with Crippen molar-refractivity contribution in [2.45, 2.75) is 56.9 Å². The van der Waals surface area contributed by atoms with Crippen molar-refractivity contribution < 1.29 is 9.90 Å². The fourth-order valence-corrected chi connectivity index (χ4v) is 3.25. The molecule has 0 amide bonds. The van der Waals surface area contributed by atoms with E-state index in [0.29, 0.717) is 19.5 Å². The summed E-state index contributed by atoms with van der Waals surface area (Å²) in [5.41, 5.74) is 7.25. The maximum Gasteiger partial charge on any atom is 0.325 e. The summed E-state index contributed by atoms with van der Waals surface area (Å²) in [7, 11) is 0. The maximum absolute atomic E-state index is 11.2. The molecule has 0 aliphatic carbocycles. The summed E-state index contributed by atoms with van der Waals surface area (Å²) in [4.78, 5) is 13.3. The molecule has 1 aliphatic rings. The Morgan fingerprint density at radius 2 is 1.88 bits per heavy atom. The lowest BCUT2D eigenvalue weighted by Gasteiger charge is -2.21. The molecular weight excluding hydrogens is 300 g/mol. The lowest BCUT2D eigenvalue weighted by atomic mass is 10.0. The van der Waals surface area contributed by atoms with Gasteiger partial charge in [0.05, 0.1) is 0 Å². The molecule has 4 heteroatoms. The van der Waals surface area contributed by atoms with E-state index in [1.807, 2.05) is 6.08 Å². The molecule has 0 spiro atoms. The monoisotopic (exact) mass is 330 g/mol. The number of unbranched alkanes of at least 4 members (excludes halogenated alkanes) is 5. The van der Waals surface area contributed by atoms with Gasteiger partial charge in [-0.25, -0.2) is 0 Å². The van der Waals surface area contributed by atoms with Crippen molar-refractivity contribution in [3.8, 4) is 0 Å². The number of benzene rings is 1. The molecule has 0 bridgehead atoms. The summed E-state index contributed by atoms with van der Waals surface area (Å²) in [6.45, 7) is 4.83. The van der Waals surface area contributed by atoms with Crippen molar-refractivity contribution in [2.24, 2.45) is 5.73 Å². The molecule has 24 heavy (non-hydrogen) atoms. The number of hydrogen-bond acceptors (Lipinski definition) is 3. The van der Waals surface area contributed by atoms with E-state index in [1.54, 1.807) is 0 Å². The van der Waals surface area contributed by atoms with Crippen molar-refractivity contribution in [3.63, 3.8) is 0 Å². The predicted molar refractivity (Wildman–Crippen MR) is 99.4 cm³/mol. The van der Waals surface area contributed by atoms with E-state index in [9.17, 15) is 9.90 Å². The third kappa shape index (κ3) is 5.10. The van der Waals surface area contributed by atoms with Crippen LogP contribution in [0.3, 0.4) is 0 Å². The van der Waals surface area contributed by atoms with Crippen molar-refractivity contribution >= 4 is 11.7 Å². The number of rotatable bonds is 10. The maximum atomic E-state index is 11.2. The van der Waals surface area contributed by atoms with Crippen molar-refractivity contribution in [1.29, 1.82) is 0 Å². The van der Waals surface area contributed by atoms with Crippen LogP contribution in [0.5, 0.6) is 0 Å². The Morgan fingerprint density at radius 1 is 1.21 bits per heavy atom. The topological polar surface area (TPSA) is 66.6 Å². The molecular formula is C20H30N2O2. The fraction of sp³-hybridized carbons (Fsp3) is 0.550. The van der Waals surface area contributed by atoms with Gasteiger partial charge < -0.3 is 15.7 Å². The van der Waals surface area contributed by atoms with Crippen LogP contribution in [0, 0.1) is 0 Å². The first-order valence-electron chi connectivity index (χ1n) is 9.02. The minimum Gasteiger partial charge on any atom is -0.480 e. The zero-order valence-electron chi connectivity index (χ0n) is 14.5. The molecule has 0 saturated carbocycles. The van der Waals surface area contributed by atoms with E-state index < -0.39 is 11.5 Å². The van der Waals surface area contributed by atoms with Crippen LogP contribution in [0.1, 0.15) is 50.5 Å². The number of hydrogen-bond donors (Lipinski definition) is 2. The van der Waals surface area contributed by atoms with Crippen LogP contribution in [-0.2, 0) is 11.2 Å². The fourth-order valence-electron chi connectivity index (χ4n) is 3.25.